The SMILES string of the molecule is C1CCOC1.NCCCC(N)(C(=O)O)C(=O)OCc1cccc2c1Cc1ccccc1-2. The highest BCUT2D eigenvalue weighted by atomic mass is 16.5. The average Bonchev–Trinajstić information content (AvgIpc) is 3.47. The number of ether oxygens (including phenoxy) is 2. The number of hydrogen-bond acceptors (Lipinski definition) is 6. The third-order valence-corrected chi connectivity index (χ3v) is 5.66. The van der Waals surface area contributed by atoms with Crippen LogP contribution in [0.1, 0.15) is 42.4 Å². The average molecular weight is 427 g/mol. The Morgan fingerprint density at radius 2 is 1.77 bits per heavy atom. The summed E-state index contributed by atoms with van der Waals surface area (Å²) in [6.07, 6.45) is 3.59. The van der Waals surface area contributed by atoms with E-state index in [-0.39, 0.29) is 19.6 Å². The first kappa shape index (κ1) is 22.9. The molecule has 1 saturated heterocycles. The Balaban J connectivity index is 0.000000478. The molecule has 2 aromatic carbocycles. The molecule has 1 unspecified atom stereocenters. The van der Waals surface area contributed by atoms with Gasteiger partial charge in [-0.3, -0.25) is 0 Å². The van der Waals surface area contributed by atoms with Crippen LogP contribution < -0.4 is 11.5 Å². The van der Waals surface area contributed by atoms with E-state index in [4.69, 9.17) is 20.9 Å². The van der Waals surface area contributed by atoms with Gasteiger partial charge in [-0.1, -0.05) is 42.5 Å². The number of hydrogen-bond donors (Lipinski definition) is 3. The van der Waals surface area contributed by atoms with Crippen molar-refractivity contribution in [3.05, 3.63) is 59.2 Å². The van der Waals surface area contributed by atoms with Crippen LogP contribution in [0.4, 0.5) is 0 Å². The van der Waals surface area contributed by atoms with Gasteiger partial charge in [0.1, 0.15) is 6.61 Å². The van der Waals surface area contributed by atoms with Gasteiger partial charge in [-0.05, 0) is 66.5 Å². The highest BCUT2D eigenvalue weighted by molar-refractivity contribution is 6.03. The Bertz CT molecular complexity index is 918. The van der Waals surface area contributed by atoms with Crippen LogP contribution >= 0.6 is 0 Å². The number of fused-ring (bicyclic) bond motifs is 3. The molecule has 1 fully saturated rings. The minimum Gasteiger partial charge on any atom is -0.479 e. The summed E-state index contributed by atoms with van der Waals surface area (Å²) in [5, 5.41) is 9.33. The van der Waals surface area contributed by atoms with E-state index in [1.54, 1.807) is 0 Å². The first-order valence-electron chi connectivity index (χ1n) is 10.6. The summed E-state index contributed by atoms with van der Waals surface area (Å²) >= 11 is 0. The lowest BCUT2D eigenvalue weighted by atomic mass is 9.95. The highest BCUT2D eigenvalue weighted by Gasteiger charge is 2.43. The van der Waals surface area contributed by atoms with E-state index in [0.717, 1.165) is 36.3 Å². The maximum atomic E-state index is 12.3. The highest BCUT2D eigenvalue weighted by Crippen LogP contribution is 2.38. The maximum Gasteiger partial charge on any atom is 0.338 e. The van der Waals surface area contributed by atoms with E-state index in [1.165, 1.54) is 24.0 Å². The van der Waals surface area contributed by atoms with Crippen molar-refractivity contribution in [1.82, 2.24) is 0 Å². The van der Waals surface area contributed by atoms with Gasteiger partial charge in [0.05, 0.1) is 0 Å². The fourth-order valence-electron chi connectivity index (χ4n) is 3.82. The molecule has 4 rings (SSSR count). The number of esters is 1. The molecule has 1 heterocycles. The first-order chi connectivity index (χ1) is 15.0. The molecular formula is C24H30N2O5. The second-order valence-electron chi connectivity index (χ2n) is 7.84. The molecule has 0 aromatic heterocycles. The van der Waals surface area contributed by atoms with Crippen LogP contribution in [0.15, 0.2) is 42.5 Å². The number of carboxylic acids is 1. The molecule has 1 atom stereocenters. The Morgan fingerprint density at radius 3 is 2.42 bits per heavy atom. The lowest BCUT2D eigenvalue weighted by Crippen LogP contribution is -2.55. The number of carbonyl (C=O) groups is 2. The molecule has 5 N–H and O–H groups in total. The van der Waals surface area contributed by atoms with Gasteiger partial charge < -0.3 is 26.0 Å². The van der Waals surface area contributed by atoms with E-state index in [2.05, 4.69) is 12.1 Å². The van der Waals surface area contributed by atoms with E-state index in [9.17, 15) is 14.7 Å². The smallest absolute Gasteiger partial charge is 0.338 e. The predicted molar refractivity (Wildman–Crippen MR) is 117 cm³/mol. The minimum atomic E-state index is -2.07. The number of rotatable bonds is 7. The van der Waals surface area contributed by atoms with Gasteiger partial charge >= 0.3 is 11.9 Å². The van der Waals surface area contributed by atoms with Crippen molar-refractivity contribution in [3.63, 3.8) is 0 Å². The largest absolute Gasteiger partial charge is 0.479 e. The van der Waals surface area contributed by atoms with Crippen LogP contribution in [0.3, 0.4) is 0 Å². The van der Waals surface area contributed by atoms with Crippen molar-refractivity contribution in [3.8, 4) is 11.1 Å². The van der Waals surface area contributed by atoms with E-state index >= 15 is 0 Å². The van der Waals surface area contributed by atoms with Crippen molar-refractivity contribution in [2.24, 2.45) is 11.5 Å². The van der Waals surface area contributed by atoms with Gasteiger partial charge in [-0.25, -0.2) is 9.59 Å². The molecule has 0 amide bonds. The Kier molecular flexibility index (Phi) is 7.79. The van der Waals surface area contributed by atoms with Crippen molar-refractivity contribution in [2.75, 3.05) is 19.8 Å². The number of aliphatic carboxylic acids is 1. The molecule has 1 aliphatic carbocycles. The monoisotopic (exact) mass is 426 g/mol. The molecule has 7 nitrogen and oxygen atoms in total. The van der Waals surface area contributed by atoms with E-state index in [0.29, 0.717) is 6.42 Å². The Morgan fingerprint density at radius 1 is 1.06 bits per heavy atom. The maximum absolute atomic E-state index is 12.3. The third kappa shape index (κ3) is 5.31. The van der Waals surface area contributed by atoms with Gasteiger partial charge in [0, 0.05) is 13.2 Å². The topological polar surface area (TPSA) is 125 Å². The van der Waals surface area contributed by atoms with Crippen LogP contribution in [0.2, 0.25) is 0 Å². The molecule has 0 bridgehead atoms. The van der Waals surface area contributed by atoms with Gasteiger partial charge in [0.25, 0.3) is 0 Å². The number of carbonyl (C=O) groups excluding carboxylic acids is 1. The number of carboxylic acid groups (broad SMARTS) is 1. The summed E-state index contributed by atoms with van der Waals surface area (Å²) in [5.41, 5.74) is 14.6. The summed E-state index contributed by atoms with van der Waals surface area (Å²) in [4.78, 5) is 23.8. The molecule has 0 saturated carbocycles. The molecule has 2 aromatic rings. The van der Waals surface area contributed by atoms with Crippen molar-refractivity contribution >= 4 is 11.9 Å². The van der Waals surface area contributed by atoms with Gasteiger partial charge in [-0.2, -0.15) is 0 Å². The summed E-state index contributed by atoms with van der Waals surface area (Å²) in [6, 6.07) is 14.0. The summed E-state index contributed by atoms with van der Waals surface area (Å²) in [5.74, 6) is -2.34. The number of nitrogens with two attached hydrogens (primary N) is 2. The minimum absolute atomic E-state index is 0.00908. The summed E-state index contributed by atoms with van der Waals surface area (Å²) in [7, 11) is 0. The lowest BCUT2D eigenvalue weighted by molar-refractivity contribution is -0.162. The normalized spacial score (nSPS) is 15.8. The van der Waals surface area contributed by atoms with E-state index in [1.807, 2.05) is 30.3 Å². The van der Waals surface area contributed by atoms with Crippen LogP contribution in [0.5, 0.6) is 0 Å². The zero-order valence-electron chi connectivity index (χ0n) is 17.6. The second-order valence-corrected chi connectivity index (χ2v) is 7.84. The molecule has 1 aliphatic heterocycles. The van der Waals surface area contributed by atoms with Crippen molar-refractivity contribution in [1.29, 1.82) is 0 Å². The first-order valence-corrected chi connectivity index (χ1v) is 10.6. The van der Waals surface area contributed by atoms with Crippen molar-refractivity contribution in [2.45, 2.75) is 44.2 Å². The summed E-state index contributed by atoms with van der Waals surface area (Å²) < 4.78 is 10.2. The molecule has 166 valence electrons. The molecule has 7 heteroatoms. The quantitative estimate of drug-likeness (QED) is 0.392. The van der Waals surface area contributed by atoms with E-state index < -0.39 is 17.5 Å². The second kappa shape index (κ2) is 10.5. The fraction of sp³-hybridized carbons (Fsp3) is 0.417. The zero-order valence-corrected chi connectivity index (χ0v) is 17.6. The zero-order chi connectivity index (χ0) is 22.3. The fourth-order valence-corrected chi connectivity index (χ4v) is 3.82. The van der Waals surface area contributed by atoms with Gasteiger partial charge in [-0.15, -0.1) is 0 Å². The van der Waals surface area contributed by atoms with Gasteiger partial charge in [0.15, 0.2) is 0 Å². The van der Waals surface area contributed by atoms with Crippen LogP contribution in [0, 0.1) is 0 Å². The predicted octanol–water partition coefficient (Wildman–Crippen LogP) is 2.62. The Labute approximate surface area is 182 Å². The van der Waals surface area contributed by atoms with Crippen molar-refractivity contribution < 1.29 is 24.2 Å². The molecule has 31 heavy (non-hydrogen) atoms. The van der Waals surface area contributed by atoms with Gasteiger partial charge in [0.2, 0.25) is 5.54 Å². The molecule has 2 aliphatic rings. The number of benzene rings is 2. The molecular weight excluding hydrogens is 396 g/mol. The molecule has 0 spiro atoms. The third-order valence-electron chi connectivity index (χ3n) is 5.66. The Hall–Kier alpha value is -2.74. The van der Waals surface area contributed by atoms with Crippen LogP contribution in [-0.4, -0.2) is 42.3 Å². The van der Waals surface area contributed by atoms with Crippen LogP contribution in [0.25, 0.3) is 11.1 Å². The lowest BCUT2D eigenvalue weighted by Gasteiger charge is -2.22. The molecule has 0 radical (unpaired) electrons. The standard InChI is InChI=1S/C20H22N2O4.C4H8O/c21-10-4-9-20(22,18(23)24)19(25)26-12-14-6-3-8-16-15-7-2-1-5-13(15)11-17(14)16;1-2-4-5-3-1/h1-3,5-8H,4,9-12,21-22H2,(H,23,24);1-4H2. The summed E-state index contributed by atoms with van der Waals surface area (Å²) in [6.45, 7) is 2.24. The van der Waals surface area contributed by atoms with Crippen LogP contribution in [-0.2, 0) is 32.1 Å².